The average molecular weight is 339 g/mol. The summed E-state index contributed by atoms with van der Waals surface area (Å²) in [4.78, 5) is 31.1. The van der Waals surface area contributed by atoms with Crippen LogP contribution >= 0.6 is 0 Å². The summed E-state index contributed by atoms with van der Waals surface area (Å²) in [6, 6.07) is 7.73. The molecule has 130 valence electrons. The van der Waals surface area contributed by atoms with Crippen LogP contribution < -0.4 is 5.32 Å². The Balaban J connectivity index is 1.84. The second-order valence-electron chi connectivity index (χ2n) is 6.23. The summed E-state index contributed by atoms with van der Waals surface area (Å²) >= 11 is 0. The molecule has 1 aliphatic carbocycles. The highest BCUT2D eigenvalue weighted by Crippen LogP contribution is 2.27. The lowest BCUT2D eigenvalue weighted by atomic mass is 10.0. The Morgan fingerprint density at radius 3 is 2.52 bits per heavy atom. The number of Topliss-reactive ketones (excluding diaryl/α,β-unsaturated/α-hetero) is 1. The second-order valence-corrected chi connectivity index (χ2v) is 6.23. The minimum absolute atomic E-state index is 0.00872. The molecule has 0 saturated carbocycles. The van der Waals surface area contributed by atoms with Gasteiger partial charge in [-0.2, -0.15) is 0 Å². The number of likely N-dealkylation sites (N-methyl/N-ethyl adjacent to an activating group) is 1. The van der Waals surface area contributed by atoms with Crippen LogP contribution in [0.4, 0.5) is 0 Å². The fourth-order valence-corrected chi connectivity index (χ4v) is 2.58. The zero-order valence-electron chi connectivity index (χ0n) is 14.6. The van der Waals surface area contributed by atoms with Crippen LogP contribution in [0.3, 0.4) is 0 Å². The van der Waals surface area contributed by atoms with Crippen LogP contribution in [0.1, 0.15) is 33.5 Å². The molecule has 0 spiro atoms. The molecule has 2 aromatic rings. The summed E-state index contributed by atoms with van der Waals surface area (Å²) in [5, 5.41) is 3.00. The van der Waals surface area contributed by atoms with Crippen LogP contribution in [-0.4, -0.2) is 48.6 Å². The van der Waals surface area contributed by atoms with E-state index in [0.717, 1.165) is 18.5 Å². The van der Waals surface area contributed by atoms with Gasteiger partial charge in [0.2, 0.25) is 23.2 Å². The molecule has 3 rings (SSSR count). The van der Waals surface area contributed by atoms with Crippen LogP contribution in [0.5, 0.6) is 0 Å². The lowest BCUT2D eigenvalue weighted by molar-refractivity contribution is 0.0956. The fourth-order valence-electron chi connectivity index (χ4n) is 2.58. The van der Waals surface area contributed by atoms with E-state index in [1.165, 1.54) is 11.6 Å². The molecule has 0 saturated heterocycles. The minimum atomic E-state index is -0.336. The first kappa shape index (κ1) is 17.1. The summed E-state index contributed by atoms with van der Waals surface area (Å²) < 4.78 is 5.63. The Morgan fingerprint density at radius 1 is 1.16 bits per heavy atom. The topological polar surface area (TPSA) is 75.4 Å². The molecule has 0 fully saturated rings. The molecule has 0 unspecified atom stereocenters. The van der Waals surface area contributed by atoms with Gasteiger partial charge in [0.1, 0.15) is 0 Å². The summed E-state index contributed by atoms with van der Waals surface area (Å²) in [5.74, 6) is -0.355. The Kier molecular flexibility index (Phi) is 4.81. The van der Waals surface area contributed by atoms with Gasteiger partial charge in [-0.15, -0.1) is 0 Å². The van der Waals surface area contributed by atoms with Gasteiger partial charge in [-0.1, -0.05) is 19.1 Å². The third-order valence-electron chi connectivity index (χ3n) is 4.07. The molecular formula is C19H21N3O3. The molecule has 1 aliphatic rings. The first-order chi connectivity index (χ1) is 12.0. The first-order valence-electron chi connectivity index (χ1n) is 8.29. The molecule has 1 N–H and O–H groups in total. The minimum Gasteiger partial charge on any atom is -0.432 e. The number of oxazole rings is 1. The maximum atomic E-state index is 12.6. The maximum absolute atomic E-state index is 12.6. The van der Waals surface area contributed by atoms with E-state index >= 15 is 0 Å². The predicted octanol–water partition coefficient (Wildman–Crippen LogP) is 2.32. The molecule has 25 heavy (non-hydrogen) atoms. The van der Waals surface area contributed by atoms with Crippen molar-refractivity contribution >= 4 is 11.6 Å². The summed E-state index contributed by atoms with van der Waals surface area (Å²) in [6.07, 6.45) is 2.23. The number of hydrogen-bond donors (Lipinski definition) is 1. The van der Waals surface area contributed by atoms with Gasteiger partial charge < -0.3 is 14.6 Å². The molecule has 0 atom stereocenters. The van der Waals surface area contributed by atoms with Crippen molar-refractivity contribution in [1.29, 1.82) is 0 Å². The number of hydrogen-bond acceptors (Lipinski definition) is 6. The fraction of sp³-hybridized carbons (Fsp3) is 0.316. The van der Waals surface area contributed by atoms with Gasteiger partial charge in [0.15, 0.2) is 5.69 Å². The standard InChI is InChI=1S/C19H21N3O3/c1-4-12-5-7-13(8-6-12)19-21-16-15(23)11-14(17(24)18(16)25-19)20-9-10-22(2)3/h5-8,11,20H,4,9-10H2,1-3H3. The molecule has 1 aromatic carbocycles. The van der Waals surface area contributed by atoms with Crippen molar-refractivity contribution in [2.45, 2.75) is 13.3 Å². The van der Waals surface area contributed by atoms with Crippen molar-refractivity contribution in [3.63, 3.8) is 0 Å². The number of fused-ring (bicyclic) bond motifs is 1. The van der Waals surface area contributed by atoms with Crippen LogP contribution in [0.25, 0.3) is 11.5 Å². The number of carbonyl (C=O) groups is 2. The Morgan fingerprint density at radius 2 is 1.88 bits per heavy atom. The number of nitrogens with zero attached hydrogens (tertiary/aromatic N) is 2. The van der Waals surface area contributed by atoms with Crippen LogP contribution in [0.15, 0.2) is 40.5 Å². The number of carbonyl (C=O) groups excluding carboxylic acids is 2. The van der Waals surface area contributed by atoms with Crippen molar-refractivity contribution < 1.29 is 14.0 Å². The number of rotatable bonds is 6. The van der Waals surface area contributed by atoms with Crippen LogP contribution in [0, 0.1) is 0 Å². The van der Waals surface area contributed by atoms with Gasteiger partial charge >= 0.3 is 0 Å². The van der Waals surface area contributed by atoms with Crippen molar-refractivity contribution in [2.75, 3.05) is 27.2 Å². The van der Waals surface area contributed by atoms with E-state index in [1.807, 2.05) is 43.3 Å². The van der Waals surface area contributed by atoms with Crippen molar-refractivity contribution in [2.24, 2.45) is 0 Å². The molecule has 0 radical (unpaired) electrons. The predicted molar refractivity (Wildman–Crippen MR) is 94.6 cm³/mol. The normalized spacial score (nSPS) is 13.8. The molecule has 0 aliphatic heterocycles. The SMILES string of the molecule is CCc1ccc(-c2nc3c(o2)C(=O)C(NCCN(C)C)=CC3=O)cc1. The first-order valence-corrected chi connectivity index (χ1v) is 8.29. The van der Waals surface area contributed by atoms with Gasteiger partial charge in [-0.05, 0) is 38.2 Å². The molecule has 0 bridgehead atoms. The smallest absolute Gasteiger partial charge is 0.246 e. The average Bonchev–Trinajstić information content (AvgIpc) is 3.05. The van der Waals surface area contributed by atoms with E-state index in [2.05, 4.69) is 17.2 Å². The number of nitrogens with one attached hydrogen (secondary N) is 1. The van der Waals surface area contributed by atoms with Gasteiger partial charge in [0.25, 0.3) is 0 Å². The van der Waals surface area contributed by atoms with E-state index in [9.17, 15) is 9.59 Å². The van der Waals surface area contributed by atoms with E-state index in [0.29, 0.717) is 6.54 Å². The summed E-state index contributed by atoms with van der Waals surface area (Å²) in [6.45, 7) is 3.39. The summed E-state index contributed by atoms with van der Waals surface area (Å²) in [5.41, 5.74) is 2.27. The Hall–Kier alpha value is -2.73. The molecular weight excluding hydrogens is 318 g/mol. The third kappa shape index (κ3) is 3.53. The monoisotopic (exact) mass is 339 g/mol. The number of ketones is 2. The van der Waals surface area contributed by atoms with Crippen LogP contribution in [0.2, 0.25) is 0 Å². The molecule has 6 nitrogen and oxygen atoms in total. The number of aromatic nitrogens is 1. The van der Waals surface area contributed by atoms with Crippen molar-refractivity contribution in [1.82, 2.24) is 15.2 Å². The second kappa shape index (κ2) is 7.03. The van der Waals surface area contributed by atoms with Gasteiger partial charge in [0.05, 0.1) is 5.70 Å². The highest BCUT2D eigenvalue weighted by atomic mass is 16.4. The molecule has 1 aromatic heterocycles. The van der Waals surface area contributed by atoms with E-state index < -0.39 is 0 Å². The third-order valence-corrected chi connectivity index (χ3v) is 4.07. The van der Waals surface area contributed by atoms with E-state index in [1.54, 1.807) is 0 Å². The highest BCUT2D eigenvalue weighted by Gasteiger charge is 2.32. The zero-order valence-corrected chi connectivity index (χ0v) is 14.6. The Labute approximate surface area is 146 Å². The molecule has 1 heterocycles. The lowest BCUT2D eigenvalue weighted by Gasteiger charge is -2.14. The number of benzene rings is 1. The van der Waals surface area contributed by atoms with Crippen molar-refractivity contribution in [3.05, 3.63) is 53.1 Å². The van der Waals surface area contributed by atoms with Crippen LogP contribution in [-0.2, 0) is 6.42 Å². The highest BCUT2D eigenvalue weighted by molar-refractivity contribution is 6.22. The zero-order chi connectivity index (χ0) is 18.0. The largest absolute Gasteiger partial charge is 0.432 e. The number of allylic oxidation sites excluding steroid dienone is 2. The van der Waals surface area contributed by atoms with Gasteiger partial charge in [0, 0.05) is 24.7 Å². The quantitative estimate of drug-likeness (QED) is 0.870. The van der Waals surface area contributed by atoms with E-state index in [4.69, 9.17) is 4.42 Å². The number of aryl methyl sites for hydroxylation is 1. The lowest BCUT2D eigenvalue weighted by Crippen LogP contribution is -2.31. The Bertz CT molecular complexity index is 832. The van der Waals surface area contributed by atoms with Gasteiger partial charge in [-0.3, -0.25) is 9.59 Å². The summed E-state index contributed by atoms with van der Waals surface area (Å²) in [7, 11) is 3.88. The molecule has 6 heteroatoms. The van der Waals surface area contributed by atoms with Crippen molar-refractivity contribution in [3.8, 4) is 11.5 Å². The maximum Gasteiger partial charge on any atom is 0.246 e. The van der Waals surface area contributed by atoms with E-state index in [-0.39, 0.29) is 34.6 Å². The van der Waals surface area contributed by atoms with Gasteiger partial charge in [-0.25, -0.2) is 4.98 Å². The molecule has 0 amide bonds.